The molecule has 2 aromatic heterocycles. The fourth-order valence-corrected chi connectivity index (χ4v) is 5.29. The van der Waals surface area contributed by atoms with Gasteiger partial charge in [0.1, 0.15) is 5.75 Å². The third kappa shape index (κ3) is 4.16. The zero-order chi connectivity index (χ0) is 22.9. The van der Waals surface area contributed by atoms with Crippen LogP contribution in [0.4, 0.5) is 10.8 Å². The van der Waals surface area contributed by atoms with E-state index in [1.807, 2.05) is 67.1 Å². The van der Waals surface area contributed by atoms with Gasteiger partial charge in [0, 0.05) is 7.05 Å². The van der Waals surface area contributed by atoms with Crippen molar-refractivity contribution < 1.29 is 14.3 Å². The lowest BCUT2D eigenvalue weighted by atomic mass is 10.1. The van der Waals surface area contributed by atoms with Crippen LogP contribution in [0.2, 0.25) is 0 Å². The molecule has 0 fully saturated rings. The Morgan fingerprint density at radius 2 is 2.00 bits per heavy atom. The largest absolute Gasteiger partial charge is 0.482 e. The summed E-state index contributed by atoms with van der Waals surface area (Å²) in [5.74, 6) is 1.12. The van der Waals surface area contributed by atoms with E-state index in [9.17, 15) is 9.59 Å². The molecule has 0 bridgehead atoms. The van der Waals surface area contributed by atoms with Crippen LogP contribution in [0, 0.1) is 0 Å². The fraction of sp³-hybridized carbons (Fsp3) is 0.227. The Labute approximate surface area is 197 Å². The van der Waals surface area contributed by atoms with Crippen molar-refractivity contribution >= 4 is 55.9 Å². The van der Waals surface area contributed by atoms with E-state index in [0.717, 1.165) is 10.2 Å². The van der Waals surface area contributed by atoms with Crippen molar-refractivity contribution in [1.82, 2.24) is 19.7 Å². The molecule has 11 heteroatoms. The van der Waals surface area contributed by atoms with E-state index in [2.05, 4.69) is 20.5 Å². The van der Waals surface area contributed by atoms with Gasteiger partial charge in [0.15, 0.2) is 22.7 Å². The van der Waals surface area contributed by atoms with E-state index in [4.69, 9.17) is 4.74 Å². The number of hydrogen-bond donors (Lipinski definition) is 1. The second-order valence-corrected chi connectivity index (χ2v) is 9.39. The molecule has 0 radical (unpaired) electrons. The van der Waals surface area contributed by atoms with Crippen LogP contribution >= 0.6 is 23.1 Å². The minimum Gasteiger partial charge on any atom is -0.482 e. The summed E-state index contributed by atoms with van der Waals surface area (Å²) in [6.07, 6.45) is 0. The highest BCUT2D eigenvalue weighted by atomic mass is 32.2. The Morgan fingerprint density at radius 3 is 2.85 bits per heavy atom. The van der Waals surface area contributed by atoms with Gasteiger partial charge in [-0.1, -0.05) is 47.4 Å². The lowest BCUT2D eigenvalue weighted by Crippen LogP contribution is -2.41. The van der Waals surface area contributed by atoms with Crippen molar-refractivity contribution in [3.8, 4) is 5.75 Å². The third-order valence-corrected chi connectivity index (χ3v) is 7.22. The van der Waals surface area contributed by atoms with Crippen molar-refractivity contribution in [2.75, 3.05) is 22.6 Å². The van der Waals surface area contributed by atoms with Gasteiger partial charge in [0.05, 0.1) is 27.7 Å². The number of carbonyl (C=O) groups excluding carboxylic acids is 2. The van der Waals surface area contributed by atoms with Gasteiger partial charge in [0.2, 0.25) is 5.91 Å². The molecular formula is C22H20N6O3S2. The van der Waals surface area contributed by atoms with Crippen LogP contribution in [0.25, 0.3) is 10.2 Å². The molecule has 2 aromatic carbocycles. The number of para-hydroxylation sites is 3. The normalized spacial score (nSPS) is 14.1. The summed E-state index contributed by atoms with van der Waals surface area (Å²) in [4.78, 5) is 31.2. The van der Waals surface area contributed by atoms with Gasteiger partial charge in [-0.05, 0) is 31.2 Å². The maximum atomic E-state index is 12.6. The molecule has 9 nitrogen and oxygen atoms in total. The number of nitrogens with one attached hydrogen (secondary N) is 1. The van der Waals surface area contributed by atoms with E-state index in [1.165, 1.54) is 23.1 Å². The van der Waals surface area contributed by atoms with Gasteiger partial charge < -0.3 is 14.6 Å². The van der Waals surface area contributed by atoms with Crippen molar-refractivity contribution in [3.63, 3.8) is 0 Å². The summed E-state index contributed by atoms with van der Waals surface area (Å²) >= 11 is 2.71. The van der Waals surface area contributed by atoms with E-state index in [-0.39, 0.29) is 30.2 Å². The molecule has 168 valence electrons. The molecule has 0 spiro atoms. The van der Waals surface area contributed by atoms with Crippen LogP contribution in [0.3, 0.4) is 0 Å². The summed E-state index contributed by atoms with van der Waals surface area (Å²) in [5.41, 5.74) is 1.56. The van der Waals surface area contributed by atoms with Crippen LogP contribution in [-0.4, -0.2) is 43.9 Å². The van der Waals surface area contributed by atoms with E-state index in [0.29, 0.717) is 27.5 Å². The number of thioether (sulfide) groups is 1. The van der Waals surface area contributed by atoms with Gasteiger partial charge >= 0.3 is 0 Å². The third-order valence-electron chi connectivity index (χ3n) is 5.25. The number of nitrogens with zero attached hydrogens (tertiary/aromatic N) is 5. The zero-order valence-electron chi connectivity index (χ0n) is 17.9. The number of anilines is 2. The lowest BCUT2D eigenvalue weighted by Gasteiger charge is -2.33. The molecule has 5 rings (SSSR count). The van der Waals surface area contributed by atoms with Crippen LogP contribution in [0.5, 0.6) is 5.75 Å². The highest BCUT2D eigenvalue weighted by Crippen LogP contribution is 2.37. The topological polar surface area (TPSA) is 102 Å². The Kier molecular flexibility index (Phi) is 5.73. The van der Waals surface area contributed by atoms with E-state index < -0.39 is 0 Å². The highest BCUT2D eigenvalue weighted by molar-refractivity contribution is 7.99. The Balaban J connectivity index is 1.27. The summed E-state index contributed by atoms with van der Waals surface area (Å²) < 4.78 is 8.36. The number of amides is 2. The van der Waals surface area contributed by atoms with Crippen molar-refractivity contribution in [3.05, 3.63) is 54.4 Å². The lowest BCUT2D eigenvalue weighted by molar-refractivity contribution is -0.121. The number of benzene rings is 2. The first-order valence-corrected chi connectivity index (χ1v) is 12.0. The van der Waals surface area contributed by atoms with Gasteiger partial charge in [-0.15, -0.1) is 10.2 Å². The predicted molar refractivity (Wildman–Crippen MR) is 128 cm³/mol. The number of thiazole rings is 1. The first-order valence-electron chi connectivity index (χ1n) is 10.2. The van der Waals surface area contributed by atoms with Crippen molar-refractivity contribution in [2.45, 2.75) is 18.1 Å². The number of rotatable bonds is 6. The molecule has 1 atom stereocenters. The van der Waals surface area contributed by atoms with Crippen LogP contribution in [-0.2, 0) is 16.6 Å². The maximum absolute atomic E-state index is 12.6. The number of aromatic nitrogens is 4. The zero-order valence-corrected chi connectivity index (χ0v) is 19.5. The van der Waals surface area contributed by atoms with Crippen molar-refractivity contribution in [2.24, 2.45) is 7.05 Å². The molecule has 2 amide bonds. The van der Waals surface area contributed by atoms with Crippen molar-refractivity contribution in [1.29, 1.82) is 0 Å². The monoisotopic (exact) mass is 480 g/mol. The smallest absolute Gasteiger partial charge is 0.265 e. The number of fused-ring (bicyclic) bond motifs is 2. The second-order valence-electron chi connectivity index (χ2n) is 7.42. The summed E-state index contributed by atoms with van der Waals surface area (Å²) in [5, 5.41) is 12.5. The molecule has 1 N–H and O–H groups in total. The van der Waals surface area contributed by atoms with Gasteiger partial charge in [0.25, 0.3) is 5.91 Å². The molecule has 0 saturated carbocycles. The Hall–Kier alpha value is -3.44. The fourth-order valence-electron chi connectivity index (χ4n) is 3.69. The quantitative estimate of drug-likeness (QED) is 0.420. The molecule has 3 heterocycles. The SMILES string of the molecule is C[C@H](c1nnc(SCC(=O)Nc2nc3ccccc3s2)n1C)N1C(=O)COc2ccccc21. The summed E-state index contributed by atoms with van der Waals surface area (Å²) in [6, 6.07) is 14.8. The first kappa shape index (κ1) is 21.4. The Bertz CT molecular complexity index is 1320. The van der Waals surface area contributed by atoms with Crippen LogP contribution in [0.1, 0.15) is 18.8 Å². The van der Waals surface area contributed by atoms with Gasteiger partial charge in [-0.2, -0.15) is 0 Å². The molecule has 0 aliphatic carbocycles. The van der Waals surface area contributed by atoms with Gasteiger partial charge in [-0.25, -0.2) is 4.98 Å². The first-order chi connectivity index (χ1) is 16.0. The maximum Gasteiger partial charge on any atom is 0.265 e. The summed E-state index contributed by atoms with van der Waals surface area (Å²) in [6.45, 7) is 1.88. The van der Waals surface area contributed by atoms with Crippen LogP contribution in [0.15, 0.2) is 53.7 Å². The van der Waals surface area contributed by atoms with E-state index >= 15 is 0 Å². The van der Waals surface area contributed by atoms with Gasteiger partial charge in [-0.3, -0.25) is 14.5 Å². The average Bonchev–Trinajstić information content (AvgIpc) is 3.39. The highest BCUT2D eigenvalue weighted by Gasteiger charge is 2.32. The standard InChI is InChI=1S/C22H20N6O3S2/c1-13(28-15-8-4-5-9-16(15)31-11-19(28)30)20-25-26-22(27(20)2)32-12-18(29)24-21-23-14-7-3-6-10-17(14)33-21/h3-10,13H,11-12H2,1-2H3,(H,23,24,29)/t13-/m1/s1. The number of hydrogen-bond acceptors (Lipinski definition) is 8. The molecule has 1 aliphatic rings. The molecule has 33 heavy (non-hydrogen) atoms. The minimum absolute atomic E-state index is 0.0211. The molecule has 1 aliphatic heterocycles. The second kappa shape index (κ2) is 8.83. The van der Waals surface area contributed by atoms with Crippen LogP contribution < -0.4 is 15.0 Å². The predicted octanol–water partition coefficient (Wildman–Crippen LogP) is 3.64. The summed E-state index contributed by atoms with van der Waals surface area (Å²) in [7, 11) is 1.83. The molecular weight excluding hydrogens is 460 g/mol. The number of carbonyl (C=O) groups is 2. The molecule has 0 unspecified atom stereocenters. The Morgan fingerprint density at radius 1 is 1.21 bits per heavy atom. The minimum atomic E-state index is -0.356. The van der Waals surface area contributed by atoms with E-state index in [1.54, 1.807) is 4.90 Å². The number of ether oxygens (including phenoxy) is 1. The molecule has 0 saturated heterocycles. The average molecular weight is 481 g/mol. The molecule has 4 aromatic rings.